The minimum absolute atomic E-state index is 0. The monoisotopic (exact) mass is 1140 g/mol. The third kappa shape index (κ3) is 10.1. The van der Waals surface area contributed by atoms with Crippen molar-refractivity contribution in [2.45, 2.75) is 98.8 Å². The minimum Gasteiger partial charge on any atom is -0.501 e. The fourth-order valence-corrected chi connectivity index (χ4v) is 10.4. The molecule has 0 saturated carbocycles. The minimum atomic E-state index is 0. The van der Waals surface area contributed by atoms with Gasteiger partial charge >= 0.3 is 0 Å². The molecule has 11 aromatic rings. The van der Waals surface area contributed by atoms with Gasteiger partial charge in [0.05, 0.1) is 22.4 Å². The number of hydrogen-bond donors (Lipinski definition) is 0. The van der Waals surface area contributed by atoms with E-state index >= 15 is 0 Å². The summed E-state index contributed by atoms with van der Waals surface area (Å²) in [7, 11) is 0. The van der Waals surface area contributed by atoms with Gasteiger partial charge in [0.15, 0.2) is 0 Å². The number of rotatable bonds is 11. The summed E-state index contributed by atoms with van der Waals surface area (Å²) in [6.07, 6.45) is 1.88. The van der Waals surface area contributed by atoms with Gasteiger partial charge in [0.2, 0.25) is 0 Å². The van der Waals surface area contributed by atoms with E-state index in [0.717, 1.165) is 55.6 Å². The van der Waals surface area contributed by atoms with Crippen molar-refractivity contribution < 1.29 is 24.5 Å². The van der Waals surface area contributed by atoms with E-state index in [1.54, 1.807) is 0 Å². The van der Waals surface area contributed by atoms with Gasteiger partial charge in [-0.2, -0.15) is 0 Å². The Bertz CT molecular complexity index is 3650. The Morgan fingerprint density at radius 3 is 1.72 bits per heavy atom. The van der Waals surface area contributed by atoms with E-state index in [0.29, 0.717) is 17.8 Å². The third-order valence-electron chi connectivity index (χ3n) is 14.3. The van der Waals surface area contributed by atoms with E-state index in [2.05, 4.69) is 225 Å². The Balaban J connectivity index is 0.000000206. The molecule has 11 rings (SSSR count). The van der Waals surface area contributed by atoms with Crippen LogP contribution in [0.1, 0.15) is 127 Å². The first kappa shape index (κ1) is 51.7. The average molecular weight is 1140 g/mol. The topological polar surface area (TPSA) is 43.9 Å². The number of para-hydroxylation sites is 3. The van der Waals surface area contributed by atoms with Crippen molar-refractivity contribution in [1.82, 2.24) is 14.5 Å². The van der Waals surface area contributed by atoms with Crippen LogP contribution in [0, 0.1) is 12.1 Å². The van der Waals surface area contributed by atoms with Gasteiger partial charge in [0.25, 0.3) is 0 Å². The number of hydrogen-bond acceptors (Lipinski definition) is 3. The summed E-state index contributed by atoms with van der Waals surface area (Å²) in [6.45, 7) is 22.9. The van der Waals surface area contributed by atoms with Crippen LogP contribution in [-0.4, -0.2) is 14.5 Å². The first-order chi connectivity index (χ1) is 35.4. The standard InChI is InChI=1S/C43H35N2O.C26H30N.Ir/c1-27(2)36-25-32(31-23-21-30(22-24-31)29-13-6-5-7-14-29)26-37(28(3)4)41(36)45-39-19-10-9-18-38(39)44-43(45)35-17-12-16-34-33-15-8-11-20-40(33)46-42(34)35;1-17(2)21-15-23(18(3)4)25(24(16-21)19(5)6)22-13-10-14-27-26(22)20-11-8-7-9-12-20;/h5-16,18-28H,1-4H3;7-11,13-19H,1-6H3;/q2*-1;. The van der Waals surface area contributed by atoms with Crippen molar-refractivity contribution in [3.63, 3.8) is 0 Å². The molecule has 1 radical (unpaired) electrons. The van der Waals surface area contributed by atoms with Crippen molar-refractivity contribution in [1.29, 1.82) is 0 Å². The van der Waals surface area contributed by atoms with E-state index in [4.69, 9.17) is 14.4 Å². The second-order valence-corrected chi connectivity index (χ2v) is 20.9. The predicted molar refractivity (Wildman–Crippen MR) is 308 cm³/mol. The maximum Gasteiger partial charge on any atom is 0.120 e. The molecule has 5 heteroatoms. The predicted octanol–water partition coefficient (Wildman–Crippen LogP) is 19.6. The van der Waals surface area contributed by atoms with Crippen LogP contribution in [0.4, 0.5) is 0 Å². The summed E-state index contributed by atoms with van der Waals surface area (Å²) in [5.41, 5.74) is 22.1. The molecule has 0 aliphatic rings. The van der Waals surface area contributed by atoms with Crippen LogP contribution in [0.2, 0.25) is 0 Å². The summed E-state index contributed by atoms with van der Waals surface area (Å²) < 4.78 is 8.88. The van der Waals surface area contributed by atoms with Gasteiger partial charge in [-0.15, -0.1) is 54.1 Å². The van der Waals surface area contributed by atoms with E-state index in [1.807, 2.05) is 42.6 Å². The van der Waals surface area contributed by atoms with E-state index in [1.165, 1.54) is 66.9 Å². The molecule has 0 aliphatic heterocycles. The van der Waals surface area contributed by atoms with Gasteiger partial charge in [0.1, 0.15) is 5.58 Å². The van der Waals surface area contributed by atoms with Gasteiger partial charge < -0.3 is 14.0 Å². The molecule has 0 unspecified atom stereocenters. The van der Waals surface area contributed by atoms with Crippen LogP contribution in [0.25, 0.3) is 94.7 Å². The molecule has 3 aromatic heterocycles. The molecule has 0 N–H and O–H groups in total. The number of fused-ring (bicyclic) bond motifs is 4. The molecule has 373 valence electrons. The maximum atomic E-state index is 6.51. The number of nitrogens with zero attached hydrogens (tertiary/aromatic N) is 3. The largest absolute Gasteiger partial charge is 0.501 e. The molecule has 0 fully saturated rings. The average Bonchev–Trinajstić information content (AvgIpc) is 4.01. The number of benzene rings is 8. The number of pyridine rings is 1. The summed E-state index contributed by atoms with van der Waals surface area (Å²) in [5.74, 6) is 2.81. The summed E-state index contributed by atoms with van der Waals surface area (Å²) in [6, 6.07) is 69.1. The third-order valence-corrected chi connectivity index (χ3v) is 14.3. The van der Waals surface area contributed by atoms with Crippen molar-refractivity contribution in [2.24, 2.45) is 0 Å². The first-order valence-corrected chi connectivity index (χ1v) is 26.1. The summed E-state index contributed by atoms with van der Waals surface area (Å²) in [4.78, 5) is 10.0. The van der Waals surface area contributed by atoms with Crippen LogP contribution < -0.4 is 0 Å². The molecular formula is C69H65IrN3O-2. The van der Waals surface area contributed by atoms with Crippen molar-refractivity contribution in [3.8, 4) is 61.7 Å². The molecule has 4 nitrogen and oxygen atoms in total. The zero-order chi connectivity index (χ0) is 50.9. The van der Waals surface area contributed by atoms with Crippen molar-refractivity contribution in [3.05, 3.63) is 222 Å². The molecule has 0 aliphatic carbocycles. The van der Waals surface area contributed by atoms with Gasteiger partial charge in [0, 0.05) is 37.4 Å². The molecule has 0 atom stereocenters. The van der Waals surface area contributed by atoms with Gasteiger partial charge in [-0.3, -0.25) is 4.98 Å². The van der Waals surface area contributed by atoms with Crippen molar-refractivity contribution >= 4 is 33.0 Å². The smallest absolute Gasteiger partial charge is 0.120 e. The van der Waals surface area contributed by atoms with Gasteiger partial charge in [-0.1, -0.05) is 183 Å². The van der Waals surface area contributed by atoms with E-state index in [-0.39, 0.29) is 31.9 Å². The van der Waals surface area contributed by atoms with Crippen LogP contribution in [-0.2, 0) is 20.1 Å². The molecule has 8 aromatic carbocycles. The quantitative estimate of drug-likeness (QED) is 0.121. The Kier molecular flexibility index (Phi) is 15.5. The second-order valence-electron chi connectivity index (χ2n) is 20.9. The normalized spacial score (nSPS) is 11.6. The molecule has 74 heavy (non-hydrogen) atoms. The summed E-state index contributed by atoms with van der Waals surface area (Å²) >= 11 is 0. The van der Waals surface area contributed by atoms with Crippen LogP contribution in [0.3, 0.4) is 0 Å². The Morgan fingerprint density at radius 2 is 1.08 bits per heavy atom. The molecule has 3 heterocycles. The molecular weight excluding hydrogens is 1080 g/mol. The molecule has 0 bridgehead atoms. The molecule has 0 saturated heterocycles. The van der Waals surface area contributed by atoms with Crippen LogP contribution >= 0.6 is 0 Å². The fourth-order valence-electron chi connectivity index (χ4n) is 10.4. The van der Waals surface area contributed by atoms with E-state index < -0.39 is 0 Å². The van der Waals surface area contributed by atoms with Crippen LogP contribution in [0.15, 0.2) is 187 Å². The Morgan fingerprint density at radius 1 is 0.486 bits per heavy atom. The van der Waals surface area contributed by atoms with Crippen molar-refractivity contribution in [2.75, 3.05) is 0 Å². The Labute approximate surface area is 451 Å². The molecule has 0 amide bonds. The second kappa shape index (κ2) is 22.1. The van der Waals surface area contributed by atoms with E-state index in [9.17, 15) is 0 Å². The first-order valence-electron chi connectivity index (χ1n) is 26.1. The molecule has 0 spiro atoms. The zero-order valence-corrected chi connectivity index (χ0v) is 46.7. The Hall–Kier alpha value is -7.17. The van der Waals surface area contributed by atoms with Gasteiger partial charge in [-0.05, 0) is 133 Å². The van der Waals surface area contributed by atoms with Crippen LogP contribution in [0.5, 0.6) is 0 Å². The maximum absolute atomic E-state index is 6.51. The number of aromatic nitrogens is 3. The number of furan rings is 1. The number of imidazole rings is 1. The SMILES string of the molecule is CC(C)c1cc(-c2ccc(-c3ccccc3)cc2)cc(C(C)C)c1-n1c(-c2[c-]ccc3c2oc2ccccc23)nc2ccccc21.CC(C)c1cc(C(C)C)c(-c2cccnc2-c2[c-]cccc2)c(C(C)C)c1.[Ir]. The zero-order valence-electron chi connectivity index (χ0n) is 44.3. The fraction of sp³-hybridized carbons (Fsp3) is 0.217. The summed E-state index contributed by atoms with van der Waals surface area (Å²) in [5, 5.41) is 2.18. The van der Waals surface area contributed by atoms with Gasteiger partial charge in [-0.25, -0.2) is 0 Å².